The summed E-state index contributed by atoms with van der Waals surface area (Å²) in [6, 6.07) is 7.78. The van der Waals surface area contributed by atoms with Crippen LogP contribution in [0.5, 0.6) is 0 Å². The second-order valence-corrected chi connectivity index (χ2v) is 6.92. The fraction of sp³-hybridized carbons (Fsp3) is 0.579. The highest BCUT2D eigenvalue weighted by molar-refractivity contribution is 5.85. The number of ether oxygens (including phenoxy) is 1. The molecular weight excluding hydrogens is 318 g/mol. The van der Waals surface area contributed by atoms with E-state index in [4.69, 9.17) is 0 Å². The topological polar surface area (TPSA) is 70.7 Å². The lowest BCUT2D eigenvalue weighted by atomic mass is 10.0. The number of hydrogen-bond acceptors (Lipinski definition) is 4. The lowest BCUT2D eigenvalue weighted by Gasteiger charge is -2.19. The molecule has 0 aliphatic carbocycles. The second-order valence-electron chi connectivity index (χ2n) is 6.92. The molecule has 1 rings (SSSR count). The van der Waals surface area contributed by atoms with Crippen LogP contribution < -0.4 is 10.6 Å². The highest BCUT2D eigenvalue weighted by atomic mass is 16.5. The third-order valence-corrected chi connectivity index (χ3v) is 3.70. The molecule has 1 atom stereocenters. The number of carbonyl (C=O) groups excluding carboxylic acids is 2. The number of methoxy groups -OCH3 is 1. The molecule has 0 fully saturated rings. The zero-order chi connectivity index (χ0) is 18.8. The summed E-state index contributed by atoms with van der Waals surface area (Å²) in [6.07, 6.45) is 0.732. The van der Waals surface area contributed by atoms with Crippen LogP contribution >= 0.6 is 0 Å². The fourth-order valence-electron chi connectivity index (χ4n) is 2.61. The van der Waals surface area contributed by atoms with E-state index in [0.717, 1.165) is 13.0 Å². The van der Waals surface area contributed by atoms with E-state index in [2.05, 4.69) is 38.5 Å². The Balaban J connectivity index is 2.54. The van der Waals surface area contributed by atoms with Crippen molar-refractivity contribution in [2.45, 2.75) is 39.3 Å². The molecule has 0 heterocycles. The van der Waals surface area contributed by atoms with E-state index >= 15 is 0 Å². The van der Waals surface area contributed by atoms with Gasteiger partial charge in [-0.05, 0) is 44.0 Å². The van der Waals surface area contributed by atoms with Gasteiger partial charge in [-0.25, -0.2) is 4.79 Å². The van der Waals surface area contributed by atoms with Gasteiger partial charge in [0.05, 0.1) is 7.11 Å². The normalized spacial score (nSPS) is 12.1. The Labute approximate surface area is 150 Å². The van der Waals surface area contributed by atoms with Gasteiger partial charge < -0.3 is 20.3 Å². The molecule has 6 heteroatoms. The van der Waals surface area contributed by atoms with E-state index in [1.807, 2.05) is 34.0 Å². The van der Waals surface area contributed by atoms with Crippen molar-refractivity contribution < 1.29 is 14.3 Å². The Morgan fingerprint density at radius 2 is 1.88 bits per heavy atom. The molecule has 0 aromatic heterocycles. The van der Waals surface area contributed by atoms with Crippen LogP contribution in [-0.4, -0.2) is 50.7 Å². The molecule has 1 unspecified atom stereocenters. The second kappa shape index (κ2) is 10.7. The van der Waals surface area contributed by atoms with E-state index in [-0.39, 0.29) is 11.8 Å². The maximum Gasteiger partial charge on any atom is 0.407 e. The first kappa shape index (κ1) is 21.0. The van der Waals surface area contributed by atoms with Gasteiger partial charge in [-0.1, -0.05) is 38.1 Å². The highest BCUT2D eigenvalue weighted by Crippen LogP contribution is 2.08. The molecule has 25 heavy (non-hydrogen) atoms. The van der Waals surface area contributed by atoms with Crippen molar-refractivity contribution in [2.75, 3.05) is 27.7 Å². The molecule has 0 aliphatic rings. The minimum Gasteiger partial charge on any atom is -0.453 e. The van der Waals surface area contributed by atoms with Crippen LogP contribution in [0.1, 0.15) is 31.4 Å². The number of carbonyl (C=O) groups is 2. The number of nitrogens with one attached hydrogen (secondary N) is 2. The van der Waals surface area contributed by atoms with Gasteiger partial charge in [-0.3, -0.25) is 4.79 Å². The minimum absolute atomic E-state index is 0.177. The summed E-state index contributed by atoms with van der Waals surface area (Å²) in [5.41, 5.74) is 2.43. The van der Waals surface area contributed by atoms with Crippen LogP contribution in [0, 0.1) is 5.92 Å². The standard InChI is InChI=1S/C19H31N3O3/c1-14(2)11-17(21-19(24)25-5)18(23)20-10-9-15-7-6-8-16(12-15)13-22(3)4/h6-8,12,14,17H,9-11,13H2,1-5H3,(H,20,23)(H,21,24). The molecule has 0 bridgehead atoms. The van der Waals surface area contributed by atoms with Crippen molar-refractivity contribution in [3.63, 3.8) is 0 Å². The van der Waals surface area contributed by atoms with Crippen molar-refractivity contribution in [2.24, 2.45) is 5.92 Å². The quantitative estimate of drug-likeness (QED) is 0.717. The van der Waals surface area contributed by atoms with Crippen molar-refractivity contribution in [1.82, 2.24) is 15.5 Å². The number of hydrogen-bond donors (Lipinski definition) is 2. The molecule has 140 valence electrons. The summed E-state index contributed by atoms with van der Waals surface area (Å²) in [4.78, 5) is 25.9. The van der Waals surface area contributed by atoms with Crippen molar-refractivity contribution >= 4 is 12.0 Å². The molecule has 0 radical (unpaired) electrons. The van der Waals surface area contributed by atoms with Crippen LogP contribution in [0.4, 0.5) is 4.79 Å². The lowest BCUT2D eigenvalue weighted by Crippen LogP contribution is -2.47. The minimum atomic E-state index is -0.586. The van der Waals surface area contributed by atoms with Gasteiger partial charge in [0.25, 0.3) is 0 Å². The third kappa shape index (κ3) is 8.54. The number of nitrogens with zero attached hydrogens (tertiary/aromatic N) is 1. The highest BCUT2D eigenvalue weighted by Gasteiger charge is 2.21. The predicted molar refractivity (Wildman–Crippen MR) is 99.3 cm³/mol. The smallest absolute Gasteiger partial charge is 0.407 e. The zero-order valence-corrected chi connectivity index (χ0v) is 16.0. The number of rotatable bonds is 9. The number of amides is 2. The van der Waals surface area contributed by atoms with Crippen molar-refractivity contribution in [1.29, 1.82) is 0 Å². The summed E-state index contributed by atoms with van der Waals surface area (Å²) in [5, 5.41) is 5.51. The molecule has 6 nitrogen and oxygen atoms in total. The van der Waals surface area contributed by atoms with Gasteiger partial charge in [0.15, 0.2) is 0 Å². The molecule has 1 aromatic rings. The van der Waals surface area contributed by atoms with Crippen LogP contribution in [0.15, 0.2) is 24.3 Å². The Morgan fingerprint density at radius 1 is 1.20 bits per heavy atom. The van der Waals surface area contributed by atoms with Crippen LogP contribution in [0.3, 0.4) is 0 Å². The summed E-state index contributed by atoms with van der Waals surface area (Å²) in [5.74, 6) is 0.110. The van der Waals surface area contributed by atoms with Gasteiger partial charge in [-0.15, -0.1) is 0 Å². The monoisotopic (exact) mass is 349 g/mol. The molecule has 0 aliphatic heterocycles. The van der Waals surface area contributed by atoms with E-state index < -0.39 is 12.1 Å². The Kier molecular flexibility index (Phi) is 8.99. The van der Waals surface area contributed by atoms with Gasteiger partial charge in [-0.2, -0.15) is 0 Å². The molecule has 2 N–H and O–H groups in total. The molecule has 0 saturated heterocycles. The SMILES string of the molecule is COC(=O)NC(CC(C)C)C(=O)NCCc1cccc(CN(C)C)c1. The van der Waals surface area contributed by atoms with Crippen LogP contribution in [-0.2, 0) is 22.5 Å². The van der Waals surface area contributed by atoms with Gasteiger partial charge in [0.1, 0.15) is 6.04 Å². The van der Waals surface area contributed by atoms with Gasteiger partial charge in [0, 0.05) is 13.1 Å². The van der Waals surface area contributed by atoms with E-state index in [1.165, 1.54) is 18.2 Å². The Morgan fingerprint density at radius 3 is 2.48 bits per heavy atom. The van der Waals surface area contributed by atoms with Crippen molar-refractivity contribution in [3.05, 3.63) is 35.4 Å². The number of alkyl carbamates (subject to hydrolysis) is 1. The molecule has 2 amide bonds. The summed E-state index contributed by atoms with van der Waals surface area (Å²) in [6.45, 7) is 5.44. The molecule has 1 aromatic carbocycles. The number of benzene rings is 1. The molecule has 0 spiro atoms. The maximum atomic E-state index is 12.3. The Bertz CT molecular complexity index is 559. The lowest BCUT2D eigenvalue weighted by molar-refractivity contribution is -0.123. The predicted octanol–water partition coefficient (Wildman–Crippen LogP) is 2.18. The first-order valence-corrected chi connectivity index (χ1v) is 8.66. The van der Waals surface area contributed by atoms with Gasteiger partial charge >= 0.3 is 6.09 Å². The third-order valence-electron chi connectivity index (χ3n) is 3.70. The Hall–Kier alpha value is -2.08. The average molecular weight is 349 g/mol. The van der Waals surface area contributed by atoms with Crippen LogP contribution in [0.25, 0.3) is 0 Å². The molecule has 0 saturated carbocycles. The molecular formula is C19H31N3O3. The average Bonchev–Trinajstić information content (AvgIpc) is 2.53. The first-order valence-electron chi connectivity index (χ1n) is 8.66. The first-order chi connectivity index (χ1) is 11.8. The van der Waals surface area contributed by atoms with Crippen molar-refractivity contribution in [3.8, 4) is 0 Å². The van der Waals surface area contributed by atoms with E-state index in [1.54, 1.807) is 0 Å². The van der Waals surface area contributed by atoms with E-state index in [9.17, 15) is 9.59 Å². The fourth-order valence-corrected chi connectivity index (χ4v) is 2.61. The summed E-state index contributed by atoms with van der Waals surface area (Å²) in [7, 11) is 5.37. The van der Waals surface area contributed by atoms with Gasteiger partial charge in [0.2, 0.25) is 5.91 Å². The summed E-state index contributed by atoms with van der Waals surface area (Å²) < 4.78 is 4.60. The van der Waals surface area contributed by atoms with E-state index in [0.29, 0.717) is 13.0 Å². The zero-order valence-electron chi connectivity index (χ0n) is 16.0. The maximum absolute atomic E-state index is 12.3. The van der Waals surface area contributed by atoms with Crippen LogP contribution in [0.2, 0.25) is 0 Å². The largest absolute Gasteiger partial charge is 0.453 e. The summed E-state index contributed by atoms with van der Waals surface area (Å²) >= 11 is 0.